The molecule has 0 aliphatic carbocycles. The van der Waals surface area contributed by atoms with Gasteiger partial charge in [-0.3, -0.25) is 0 Å². The van der Waals surface area contributed by atoms with Gasteiger partial charge in [-0.15, -0.1) is 11.3 Å². The van der Waals surface area contributed by atoms with Gasteiger partial charge in [0.25, 0.3) is 0 Å². The third-order valence-electron chi connectivity index (χ3n) is 3.24. The van der Waals surface area contributed by atoms with E-state index in [1.807, 2.05) is 0 Å². The molecule has 0 aromatic carbocycles. The van der Waals surface area contributed by atoms with Crippen molar-refractivity contribution in [2.75, 3.05) is 13.7 Å². The highest BCUT2D eigenvalue weighted by Gasteiger charge is 2.28. The molecule has 1 aromatic rings. The highest BCUT2D eigenvalue weighted by atomic mass is 32.1. The Morgan fingerprint density at radius 1 is 1.53 bits per heavy atom. The summed E-state index contributed by atoms with van der Waals surface area (Å²) in [7, 11) is 1.75. The molecular weight excluding hydrogens is 232 g/mol. The van der Waals surface area contributed by atoms with Gasteiger partial charge in [0.05, 0.1) is 5.69 Å². The van der Waals surface area contributed by atoms with Crippen LogP contribution in [0.1, 0.15) is 57.3 Å². The van der Waals surface area contributed by atoms with Crippen LogP contribution in [0, 0.1) is 0 Å². The predicted molar refractivity (Wildman–Crippen MR) is 73.5 cm³/mol. The smallest absolute Gasteiger partial charge is 0.125 e. The summed E-state index contributed by atoms with van der Waals surface area (Å²) in [6.07, 6.45) is 2.08. The van der Waals surface area contributed by atoms with E-state index in [1.165, 1.54) is 0 Å². The fourth-order valence-electron chi connectivity index (χ4n) is 1.58. The van der Waals surface area contributed by atoms with Crippen LogP contribution in [0.3, 0.4) is 0 Å². The highest BCUT2D eigenvalue weighted by molar-refractivity contribution is 7.09. The zero-order valence-corrected chi connectivity index (χ0v) is 12.4. The molecule has 0 spiro atoms. The van der Waals surface area contributed by atoms with E-state index >= 15 is 0 Å². The van der Waals surface area contributed by atoms with Crippen LogP contribution < -0.4 is 5.32 Å². The maximum atomic E-state index is 5.57. The Hall–Kier alpha value is -0.450. The largest absolute Gasteiger partial charge is 0.371 e. The minimum Gasteiger partial charge on any atom is -0.371 e. The van der Waals surface area contributed by atoms with Crippen LogP contribution in [0.5, 0.6) is 0 Å². The molecule has 0 radical (unpaired) electrons. The number of aromatic nitrogens is 1. The molecule has 1 aromatic heterocycles. The molecule has 3 nitrogen and oxygen atoms in total. The van der Waals surface area contributed by atoms with Gasteiger partial charge in [-0.2, -0.15) is 0 Å². The average Bonchev–Trinajstić information content (AvgIpc) is 2.85. The monoisotopic (exact) mass is 256 g/mol. The highest BCUT2D eigenvalue weighted by Crippen LogP contribution is 2.31. The number of nitrogens with zero attached hydrogens (tertiary/aromatic N) is 1. The molecule has 1 N–H and O–H groups in total. The molecule has 1 rings (SSSR count). The standard InChI is InChI=1S/C13H24N2OS/c1-6-8-14-10(3)11-9-17-12(15-11)13(4,7-2)16-5/h9-10,14H,6-8H2,1-5H3. The van der Waals surface area contributed by atoms with E-state index in [4.69, 9.17) is 9.72 Å². The first-order chi connectivity index (χ1) is 8.07. The molecule has 0 fully saturated rings. The van der Waals surface area contributed by atoms with Crippen molar-refractivity contribution < 1.29 is 4.74 Å². The predicted octanol–water partition coefficient (Wildman–Crippen LogP) is 3.48. The minimum atomic E-state index is -0.243. The lowest BCUT2D eigenvalue weighted by molar-refractivity contribution is -0.00171. The summed E-state index contributed by atoms with van der Waals surface area (Å²) in [5.41, 5.74) is 0.878. The first kappa shape index (κ1) is 14.6. The van der Waals surface area contributed by atoms with Crippen LogP contribution in [0.15, 0.2) is 5.38 Å². The quantitative estimate of drug-likeness (QED) is 0.811. The van der Waals surface area contributed by atoms with Crippen LogP contribution in [0.25, 0.3) is 0 Å². The lowest BCUT2D eigenvalue weighted by Gasteiger charge is -2.23. The number of ether oxygens (including phenoxy) is 1. The zero-order valence-electron chi connectivity index (χ0n) is 11.5. The normalized spacial score (nSPS) is 16.8. The van der Waals surface area contributed by atoms with Gasteiger partial charge in [0, 0.05) is 18.5 Å². The lowest BCUT2D eigenvalue weighted by Crippen LogP contribution is -2.24. The number of nitrogens with one attached hydrogen (secondary N) is 1. The van der Waals surface area contributed by atoms with Gasteiger partial charge >= 0.3 is 0 Å². The third kappa shape index (κ3) is 3.50. The maximum absolute atomic E-state index is 5.57. The summed E-state index contributed by atoms with van der Waals surface area (Å²) >= 11 is 1.69. The Kier molecular flexibility index (Phi) is 5.56. The Morgan fingerprint density at radius 2 is 2.24 bits per heavy atom. The fraction of sp³-hybridized carbons (Fsp3) is 0.769. The summed E-state index contributed by atoms with van der Waals surface area (Å²) in [5, 5.41) is 6.66. The topological polar surface area (TPSA) is 34.1 Å². The molecular formula is C13H24N2OS. The van der Waals surface area contributed by atoms with E-state index in [9.17, 15) is 0 Å². The van der Waals surface area contributed by atoms with Gasteiger partial charge < -0.3 is 10.1 Å². The molecule has 1 heterocycles. The molecule has 2 atom stereocenters. The maximum Gasteiger partial charge on any atom is 0.125 e. The van der Waals surface area contributed by atoms with E-state index in [-0.39, 0.29) is 5.60 Å². The van der Waals surface area contributed by atoms with Crippen molar-refractivity contribution in [2.45, 2.75) is 52.2 Å². The lowest BCUT2D eigenvalue weighted by atomic mass is 10.0. The van der Waals surface area contributed by atoms with E-state index in [2.05, 4.69) is 38.4 Å². The van der Waals surface area contributed by atoms with Crippen molar-refractivity contribution in [3.8, 4) is 0 Å². The third-order valence-corrected chi connectivity index (χ3v) is 4.35. The molecule has 4 heteroatoms. The van der Waals surface area contributed by atoms with Crippen LogP contribution in [-0.2, 0) is 10.3 Å². The summed E-state index contributed by atoms with van der Waals surface area (Å²) in [6.45, 7) is 9.59. The van der Waals surface area contributed by atoms with E-state index in [0.717, 1.165) is 30.1 Å². The number of hydrogen-bond donors (Lipinski definition) is 1. The summed E-state index contributed by atoms with van der Waals surface area (Å²) < 4.78 is 5.57. The summed E-state index contributed by atoms with van der Waals surface area (Å²) in [5.74, 6) is 0. The summed E-state index contributed by atoms with van der Waals surface area (Å²) in [6, 6.07) is 0.318. The van der Waals surface area contributed by atoms with E-state index in [1.54, 1.807) is 18.4 Å². The van der Waals surface area contributed by atoms with Gasteiger partial charge in [-0.1, -0.05) is 13.8 Å². The van der Waals surface area contributed by atoms with Gasteiger partial charge in [0.15, 0.2) is 0 Å². The Labute approximate surface area is 109 Å². The summed E-state index contributed by atoms with van der Waals surface area (Å²) in [4.78, 5) is 4.71. The number of methoxy groups -OCH3 is 1. The second kappa shape index (κ2) is 6.47. The average molecular weight is 256 g/mol. The van der Waals surface area contributed by atoms with Gasteiger partial charge in [0.2, 0.25) is 0 Å². The number of rotatable bonds is 7. The number of hydrogen-bond acceptors (Lipinski definition) is 4. The van der Waals surface area contributed by atoms with Crippen LogP contribution >= 0.6 is 11.3 Å². The number of thiazole rings is 1. The molecule has 0 bridgehead atoms. The Bertz CT molecular complexity index is 334. The van der Waals surface area contributed by atoms with Gasteiger partial charge in [-0.05, 0) is 33.2 Å². The van der Waals surface area contributed by atoms with Crippen molar-refractivity contribution in [2.24, 2.45) is 0 Å². The van der Waals surface area contributed by atoms with Gasteiger partial charge in [0.1, 0.15) is 10.6 Å². The minimum absolute atomic E-state index is 0.243. The molecule has 0 aliphatic rings. The molecule has 98 valence electrons. The second-order valence-corrected chi connectivity index (χ2v) is 5.40. The van der Waals surface area contributed by atoms with Crippen LogP contribution in [0.2, 0.25) is 0 Å². The van der Waals surface area contributed by atoms with Crippen LogP contribution in [-0.4, -0.2) is 18.6 Å². The molecule has 17 heavy (non-hydrogen) atoms. The molecule has 0 saturated carbocycles. The van der Waals surface area contributed by atoms with E-state index in [0.29, 0.717) is 6.04 Å². The van der Waals surface area contributed by atoms with Crippen LogP contribution in [0.4, 0.5) is 0 Å². The fourth-order valence-corrected chi connectivity index (χ4v) is 2.70. The van der Waals surface area contributed by atoms with Crippen molar-refractivity contribution in [3.63, 3.8) is 0 Å². The molecule has 0 aliphatic heterocycles. The SMILES string of the molecule is CCCNC(C)c1csc(C(C)(CC)OC)n1. The van der Waals surface area contributed by atoms with Gasteiger partial charge in [-0.25, -0.2) is 4.98 Å². The Morgan fingerprint density at radius 3 is 2.76 bits per heavy atom. The molecule has 0 amide bonds. The van der Waals surface area contributed by atoms with Crippen molar-refractivity contribution in [1.82, 2.24) is 10.3 Å². The Balaban J connectivity index is 2.77. The molecule has 0 saturated heterocycles. The van der Waals surface area contributed by atoms with E-state index < -0.39 is 0 Å². The van der Waals surface area contributed by atoms with Crippen molar-refractivity contribution >= 4 is 11.3 Å². The van der Waals surface area contributed by atoms with Crippen molar-refractivity contribution in [1.29, 1.82) is 0 Å². The first-order valence-electron chi connectivity index (χ1n) is 6.31. The first-order valence-corrected chi connectivity index (χ1v) is 7.19. The van der Waals surface area contributed by atoms with Crippen molar-refractivity contribution in [3.05, 3.63) is 16.1 Å². The zero-order chi connectivity index (χ0) is 12.9. The molecule has 2 unspecified atom stereocenters. The second-order valence-electron chi connectivity index (χ2n) is 4.54.